The second kappa shape index (κ2) is 7.07. The van der Waals surface area contributed by atoms with Gasteiger partial charge < -0.3 is 10.2 Å². The van der Waals surface area contributed by atoms with Crippen molar-refractivity contribution in [3.63, 3.8) is 0 Å². The smallest absolute Gasteiger partial charge is 0.148 e. The zero-order valence-electron chi connectivity index (χ0n) is 10.1. The quantitative estimate of drug-likeness (QED) is 0.873. The lowest BCUT2D eigenvalue weighted by Gasteiger charge is -2.19. The summed E-state index contributed by atoms with van der Waals surface area (Å²) in [6.07, 6.45) is 3.04. The van der Waals surface area contributed by atoms with Crippen LogP contribution in [-0.4, -0.2) is 30.1 Å². The number of hydrogen-bond donors (Lipinski definition) is 1. The number of hydrogen-bond acceptors (Lipinski definition) is 5. The summed E-state index contributed by atoms with van der Waals surface area (Å²) >= 11 is 3.49. The van der Waals surface area contributed by atoms with Gasteiger partial charge in [0, 0.05) is 20.1 Å². The first-order valence-electron chi connectivity index (χ1n) is 5.53. The Kier molecular flexibility index (Phi) is 5.70. The third-order valence-corrected chi connectivity index (χ3v) is 2.96. The minimum atomic E-state index is 0.477. The summed E-state index contributed by atoms with van der Waals surface area (Å²) in [6, 6.07) is 2.12. The maximum Gasteiger partial charge on any atom is 0.148 e. The number of nitriles is 1. The predicted octanol–water partition coefficient (Wildman–Crippen LogP) is 2.41. The van der Waals surface area contributed by atoms with E-state index in [1.54, 1.807) is 0 Å². The van der Waals surface area contributed by atoms with Gasteiger partial charge in [0.1, 0.15) is 22.4 Å². The van der Waals surface area contributed by atoms with E-state index < -0.39 is 0 Å². The first-order chi connectivity index (χ1) is 8.20. The zero-order chi connectivity index (χ0) is 12.7. The third kappa shape index (κ3) is 3.86. The minimum Gasteiger partial charge on any atom is -0.369 e. The maximum atomic E-state index is 8.57. The van der Waals surface area contributed by atoms with Crippen LogP contribution in [-0.2, 0) is 0 Å². The molecule has 6 heteroatoms. The molecule has 0 aliphatic carbocycles. The molecule has 0 spiro atoms. The van der Waals surface area contributed by atoms with Crippen LogP contribution in [0.25, 0.3) is 0 Å². The maximum absolute atomic E-state index is 8.57. The Balaban J connectivity index is 2.82. The van der Waals surface area contributed by atoms with Gasteiger partial charge in [0.2, 0.25) is 0 Å². The van der Waals surface area contributed by atoms with Crippen LogP contribution in [0.4, 0.5) is 11.6 Å². The van der Waals surface area contributed by atoms with E-state index in [0.29, 0.717) is 13.0 Å². The molecular weight excluding hydrogens is 282 g/mol. The van der Waals surface area contributed by atoms with E-state index in [9.17, 15) is 0 Å². The van der Waals surface area contributed by atoms with Gasteiger partial charge in [0.25, 0.3) is 0 Å². The van der Waals surface area contributed by atoms with Crippen LogP contribution < -0.4 is 10.2 Å². The number of aromatic nitrogens is 2. The van der Waals surface area contributed by atoms with Crippen molar-refractivity contribution in [3.8, 4) is 6.07 Å². The summed E-state index contributed by atoms with van der Waals surface area (Å²) in [5, 5.41) is 11.8. The van der Waals surface area contributed by atoms with E-state index in [0.717, 1.165) is 29.1 Å². The monoisotopic (exact) mass is 297 g/mol. The molecule has 0 fully saturated rings. The van der Waals surface area contributed by atoms with Crippen LogP contribution in [0.1, 0.15) is 19.8 Å². The van der Waals surface area contributed by atoms with Gasteiger partial charge in [-0.1, -0.05) is 6.92 Å². The Labute approximate surface area is 110 Å². The summed E-state index contributed by atoms with van der Waals surface area (Å²) in [4.78, 5) is 10.3. The highest BCUT2D eigenvalue weighted by Gasteiger charge is 2.11. The Morgan fingerprint density at radius 3 is 2.94 bits per heavy atom. The molecule has 1 heterocycles. The van der Waals surface area contributed by atoms with E-state index in [1.807, 2.05) is 11.9 Å². The Bertz CT molecular complexity index is 401. The summed E-state index contributed by atoms with van der Waals surface area (Å²) in [5.74, 6) is 1.59. The Hall–Kier alpha value is -1.35. The van der Waals surface area contributed by atoms with Crippen molar-refractivity contribution in [1.29, 1.82) is 5.26 Å². The molecule has 0 atom stereocenters. The Morgan fingerprint density at radius 2 is 2.29 bits per heavy atom. The molecule has 0 radical (unpaired) electrons. The molecule has 92 valence electrons. The van der Waals surface area contributed by atoms with Crippen molar-refractivity contribution in [2.75, 3.05) is 30.4 Å². The van der Waals surface area contributed by atoms with E-state index >= 15 is 0 Å². The van der Waals surface area contributed by atoms with Crippen LogP contribution in [0, 0.1) is 11.3 Å². The fraction of sp³-hybridized carbons (Fsp3) is 0.545. The number of halogens is 1. The molecule has 1 rings (SSSR count). The van der Waals surface area contributed by atoms with E-state index in [-0.39, 0.29) is 0 Å². The third-order valence-electron chi connectivity index (χ3n) is 2.23. The van der Waals surface area contributed by atoms with Crippen molar-refractivity contribution in [2.45, 2.75) is 19.8 Å². The molecule has 0 aliphatic rings. The van der Waals surface area contributed by atoms with Gasteiger partial charge >= 0.3 is 0 Å². The van der Waals surface area contributed by atoms with Crippen molar-refractivity contribution in [2.24, 2.45) is 0 Å². The highest BCUT2D eigenvalue weighted by Crippen LogP contribution is 2.28. The lowest BCUT2D eigenvalue weighted by Crippen LogP contribution is -2.20. The lowest BCUT2D eigenvalue weighted by atomic mass is 10.4. The van der Waals surface area contributed by atoms with Gasteiger partial charge in [-0.05, 0) is 22.4 Å². The largest absolute Gasteiger partial charge is 0.369 e. The molecule has 0 amide bonds. The molecule has 17 heavy (non-hydrogen) atoms. The van der Waals surface area contributed by atoms with Crippen LogP contribution in [0.5, 0.6) is 0 Å². The minimum absolute atomic E-state index is 0.477. The number of nitrogens with one attached hydrogen (secondary N) is 1. The molecule has 1 aromatic heterocycles. The first-order valence-corrected chi connectivity index (χ1v) is 6.32. The van der Waals surface area contributed by atoms with Crippen molar-refractivity contribution < 1.29 is 0 Å². The van der Waals surface area contributed by atoms with Gasteiger partial charge in [-0.2, -0.15) is 5.26 Å². The summed E-state index contributed by atoms with van der Waals surface area (Å²) in [6.45, 7) is 3.62. The highest BCUT2D eigenvalue weighted by molar-refractivity contribution is 9.10. The Morgan fingerprint density at radius 1 is 1.53 bits per heavy atom. The highest BCUT2D eigenvalue weighted by atomic mass is 79.9. The van der Waals surface area contributed by atoms with E-state index in [4.69, 9.17) is 5.26 Å². The molecule has 0 unspecified atom stereocenters. The van der Waals surface area contributed by atoms with Gasteiger partial charge in [-0.15, -0.1) is 0 Å². The first kappa shape index (κ1) is 13.7. The molecule has 0 saturated heterocycles. The topological polar surface area (TPSA) is 64.8 Å². The molecule has 1 N–H and O–H groups in total. The fourth-order valence-electron chi connectivity index (χ4n) is 1.32. The molecule has 1 aromatic rings. The molecule has 5 nitrogen and oxygen atoms in total. The zero-order valence-corrected chi connectivity index (χ0v) is 11.7. The van der Waals surface area contributed by atoms with Gasteiger partial charge in [-0.25, -0.2) is 9.97 Å². The molecule has 0 aliphatic heterocycles. The lowest BCUT2D eigenvalue weighted by molar-refractivity contribution is 0.873. The molecular formula is C11H16BrN5. The molecule has 0 bridgehead atoms. The predicted molar refractivity (Wildman–Crippen MR) is 72.0 cm³/mol. The van der Waals surface area contributed by atoms with Crippen LogP contribution in [0.3, 0.4) is 0 Å². The van der Waals surface area contributed by atoms with Gasteiger partial charge in [-0.3, -0.25) is 0 Å². The van der Waals surface area contributed by atoms with Crippen LogP contribution >= 0.6 is 15.9 Å². The van der Waals surface area contributed by atoms with Gasteiger partial charge in [0.05, 0.1) is 12.5 Å². The SMILES string of the molecule is CCCNc1ncnc(N(C)CCC#N)c1Br. The summed E-state index contributed by atoms with van der Waals surface area (Å²) < 4.78 is 0.842. The van der Waals surface area contributed by atoms with E-state index in [2.05, 4.69) is 44.2 Å². The molecule has 0 saturated carbocycles. The molecule has 0 aromatic carbocycles. The van der Waals surface area contributed by atoms with Crippen molar-refractivity contribution in [3.05, 3.63) is 10.8 Å². The average Bonchev–Trinajstić information content (AvgIpc) is 2.34. The van der Waals surface area contributed by atoms with Gasteiger partial charge in [0.15, 0.2) is 0 Å². The second-order valence-corrected chi connectivity index (χ2v) is 4.41. The van der Waals surface area contributed by atoms with Crippen LogP contribution in [0.2, 0.25) is 0 Å². The number of rotatable bonds is 6. The van der Waals surface area contributed by atoms with E-state index in [1.165, 1.54) is 6.33 Å². The standard InChI is InChI=1S/C11H16BrN5/c1-3-6-14-10-9(12)11(16-8-15-10)17(2)7-4-5-13/h8H,3-4,6-7H2,1-2H3,(H,14,15,16). The number of nitrogens with zero attached hydrogens (tertiary/aromatic N) is 4. The normalized spacial score (nSPS) is 9.76. The van der Waals surface area contributed by atoms with Crippen molar-refractivity contribution in [1.82, 2.24) is 9.97 Å². The van der Waals surface area contributed by atoms with Crippen molar-refractivity contribution >= 4 is 27.6 Å². The second-order valence-electron chi connectivity index (χ2n) is 3.62. The fourth-order valence-corrected chi connectivity index (χ4v) is 1.96. The summed E-state index contributed by atoms with van der Waals surface area (Å²) in [7, 11) is 1.91. The average molecular weight is 298 g/mol. The van der Waals surface area contributed by atoms with Crippen LogP contribution in [0.15, 0.2) is 10.8 Å². The number of anilines is 2. The summed E-state index contributed by atoms with van der Waals surface area (Å²) in [5.41, 5.74) is 0.